The Hall–Kier alpha value is -0.0800. The van der Waals surface area contributed by atoms with Gasteiger partial charge < -0.3 is 4.74 Å². The van der Waals surface area contributed by atoms with E-state index >= 15 is 0 Å². The quantitative estimate of drug-likeness (QED) is 0.755. The average molecular weight is 239 g/mol. The molecule has 0 amide bonds. The van der Waals surface area contributed by atoms with Crippen molar-refractivity contribution >= 4 is 0 Å². The molecule has 1 saturated carbocycles. The van der Waals surface area contributed by atoms with Crippen LogP contribution in [-0.4, -0.2) is 18.4 Å². The van der Waals surface area contributed by atoms with Crippen molar-refractivity contribution in [1.29, 1.82) is 0 Å². The Morgan fingerprint density at radius 2 is 1.76 bits per heavy atom. The number of ether oxygens (including phenoxy) is 1. The van der Waals surface area contributed by atoms with Crippen molar-refractivity contribution < 1.29 is 4.74 Å². The van der Waals surface area contributed by atoms with E-state index in [-0.39, 0.29) is 11.1 Å². The van der Waals surface area contributed by atoms with Gasteiger partial charge in [0.25, 0.3) is 0 Å². The van der Waals surface area contributed by atoms with Gasteiger partial charge in [0.1, 0.15) is 5.72 Å². The highest BCUT2D eigenvalue weighted by molar-refractivity contribution is 5.02. The van der Waals surface area contributed by atoms with Crippen LogP contribution in [0.4, 0.5) is 0 Å². The molecule has 2 aliphatic rings. The molecule has 0 aromatic heterocycles. The molecule has 2 atom stereocenters. The zero-order chi connectivity index (χ0) is 12.9. The van der Waals surface area contributed by atoms with Gasteiger partial charge in [0.2, 0.25) is 0 Å². The van der Waals surface area contributed by atoms with Crippen LogP contribution in [0.3, 0.4) is 0 Å². The first-order valence-electron chi connectivity index (χ1n) is 7.08. The lowest BCUT2D eigenvalue weighted by molar-refractivity contribution is -0.164. The minimum absolute atomic E-state index is 0.0338. The van der Waals surface area contributed by atoms with Gasteiger partial charge in [-0.2, -0.15) is 0 Å². The minimum atomic E-state index is -0.0338. The zero-order valence-corrected chi connectivity index (χ0v) is 12.4. The first kappa shape index (κ1) is 13.4. The molecule has 2 unspecified atom stereocenters. The van der Waals surface area contributed by atoms with Crippen molar-refractivity contribution in [1.82, 2.24) is 5.32 Å². The maximum atomic E-state index is 6.25. The Labute approximate surface area is 107 Å². The van der Waals surface area contributed by atoms with Crippen molar-refractivity contribution in [2.45, 2.75) is 72.6 Å². The predicted octanol–water partition coefficient (Wildman–Crippen LogP) is 3.56. The summed E-state index contributed by atoms with van der Waals surface area (Å²) in [6.45, 7) is 14.9. The maximum Gasteiger partial charge on any atom is 0.120 e. The Morgan fingerprint density at radius 1 is 1.12 bits per heavy atom. The van der Waals surface area contributed by atoms with E-state index in [4.69, 9.17) is 4.74 Å². The molecule has 0 aromatic rings. The van der Waals surface area contributed by atoms with Crippen LogP contribution in [-0.2, 0) is 4.74 Å². The van der Waals surface area contributed by atoms with Crippen LogP contribution < -0.4 is 5.32 Å². The molecule has 100 valence electrons. The van der Waals surface area contributed by atoms with Crippen LogP contribution in [0.5, 0.6) is 0 Å². The molecule has 1 heterocycles. The van der Waals surface area contributed by atoms with E-state index in [0.717, 1.165) is 13.0 Å². The third-order valence-electron chi connectivity index (χ3n) is 4.62. The topological polar surface area (TPSA) is 21.3 Å². The zero-order valence-electron chi connectivity index (χ0n) is 12.4. The van der Waals surface area contributed by atoms with Crippen LogP contribution >= 0.6 is 0 Å². The van der Waals surface area contributed by atoms with Gasteiger partial charge in [-0.3, -0.25) is 5.32 Å². The van der Waals surface area contributed by atoms with Crippen molar-refractivity contribution in [3.8, 4) is 0 Å². The molecule has 1 aliphatic carbocycles. The summed E-state index contributed by atoms with van der Waals surface area (Å²) in [6, 6.07) is 0.560. The van der Waals surface area contributed by atoms with Crippen LogP contribution in [0, 0.1) is 16.7 Å². The number of rotatable bonds is 1. The van der Waals surface area contributed by atoms with Gasteiger partial charge in [-0.25, -0.2) is 0 Å². The Morgan fingerprint density at radius 3 is 2.24 bits per heavy atom. The molecule has 2 nitrogen and oxygen atoms in total. The Balaban J connectivity index is 2.15. The highest BCUT2D eigenvalue weighted by Gasteiger charge is 2.51. The molecule has 2 rings (SSSR count). The highest BCUT2D eigenvalue weighted by Crippen LogP contribution is 2.48. The normalized spacial score (nSPS) is 40.1. The second kappa shape index (κ2) is 3.96. The van der Waals surface area contributed by atoms with Crippen LogP contribution in [0.15, 0.2) is 0 Å². The first-order chi connectivity index (χ1) is 7.66. The van der Waals surface area contributed by atoms with E-state index in [0.29, 0.717) is 17.4 Å². The molecule has 1 saturated heterocycles. The molecule has 17 heavy (non-hydrogen) atoms. The van der Waals surface area contributed by atoms with Crippen molar-refractivity contribution in [2.75, 3.05) is 6.61 Å². The molecule has 1 spiro atoms. The van der Waals surface area contributed by atoms with E-state index in [9.17, 15) is 0 Å². The van der Waals surface area contributed by atoms with E-state index in [1.54, 1.807) is 0 Å². The summed E-state index contributed by atoms with van der Waals surface area (Å²) in [4.78, 5) is 0. The molecule has 0 aromatic carbocycles. The highest BCUT2D eigenvalue weighted by atomic mass is 16.5. The van der Waals surface area contributed by atoms with E-state index in [1.807, 2.05) is 0 Å². The third kappa shape index (κ3) is 2.53. The van der Waals surface area contributed by atoms with Crippen molar-refractivity contribution in [2.24, 2.45) is 16.7 Å². The molecular formula is C15H29NO. The molecule has 1 N–H and O–H groups in total. The Kier molecular flexibility index (Phi) is 3.11. The number of nitrogens with one attached hydrogen (secondary N) is 1. The molecule has 1 aliphatic heterocycles. The van der Waals surface area contributed by atoms with Gasteiger partial charge in [-0.05, 0) is 30.6 Å². The summed E-state index contributed by atoms with van der Waals surface area (Å²) < 4.78 is 6.25. The fourth-order valence-electron chi connectivity index (χ4n) is 3.74. The summed E-state index contributed by atoms with van der Waals surface area (Å²) in [5.74, 6) is 0.662. The molecule has 2 fully saturated rings. The predicted molar refractivity (Wildman–Crippen MR) is 71.9 cm³/mol. The monoisotopic (exact) mass is 239 g/mol. The SMILES string of the molecule is CC(C)C1NC2(CCC(C)(C)C2)OCC1(C)C. The smallest absolute Gasteiger partial charge is 0.120 e. The largest absolute Gasteiger partial charge is 0.360 e. The maximum absolute atomic E-state index is 6.25. The van der Waals surface area contributed by atoms with Crippen LogP contribution in [0.1, 0.15) is 60.8 Å². The lowest BCUT2D eigenvalue weighted by Gasteiger charge is -2.50. The number of hydrogen-bond acceptors (Lipinski definition) is 2. The summed E-state index contributed by atoms with van der Waals surface area (Å²) in [6.07, 6.45) is 3.59. The third-order valence-corrected chi connectivity index (χ3v) is 4.62. The van der Waals surface area contributed by atoms with Gasteiger partial charge >= 0.3 is 0 Å². The van der Waals surface area contributed by atoms with Crippen molar-refractivity contribution in [3.63, 3.8) is 0 Å². The molecular weight excluding hydrogens is 210 g/mol. The van der Waals surface area contributed by atoms with Crippen LogP contribution in [0.25, 0.3) is 0 Å². The van der Waals surface area contributed by atoms with E-state index < -0.39 is 0 Å². The lowest BCUT2D eigenvalue weighted by Crippen LogP contribution is -2.64. The molecule has 0 bridgehead atoms. The van der Waals surface area contributed by atoms with Crippen LogP contribution in [0.2, 0.25) is 0 Å². The summed E-state index contributed by atoms with van der Waals surface area (Å²) in [5, 5.41) is 3.85. The number of hydrogen-bond donors (Lipinski definition) is 1. The summed E-state index contributed by atoms with van der Waals surface area (Å²) in [5.41, 5.74) is 0.635. The fraction of sp³-hybridized carbons (Fsp3) is 1.00. The van der Waals surface area contributed by atoms with E-state index in [2.05, 4.69) is 46.9 Å². The minimum Gasteiger partial charge on any atom is -0.360 e. The summed E-state index contributed by atoms with van der Waals surface area (Å²) >= 11 is 0. The fourth-order valence-corrected chi connectivity index (χ4v) is 3.74. The second-order valence-electron chi connectivity index (χ2n) is 7.98. The summed E-state index contributed by atoms with van der Waals surface area (Å²) in [7, 11) is 0. The van der Waals surface area contributed by atoms with Crippen molar-refractivity contribution in [3.05, 3.63) is 0 Å². The van der Waals surface area contributed by atoms with E-state index in [1.165, 1.54) is 12.8 Å². The standard InChI is InChI=1S/C15H29NO/c1-11(2)12-14(5,6)10-17-15(16-12)8-7-13(3,4)9-15/h11-12,16H,7-10H2,1-6H3. The molecule has 2 heteroatoms. The Bertz CT molecular complexity index is 295. The second-order valence-corrected chi connectivity index (χ2v) is 7.98. The van der Waals surface area contributed by atoms with Gasteiger partial charge in [-0.1, -0.05) is 41.5 Å². The lowest BCUT2D eigenvalue weighted by atomic mass is 9.76. The molecule has 0 radical (unpaired) electrons. The average Bonchev–Trinajstić information content (AvgIpc) is 2.47. The van der Waals surface area contributed by atoms with Gasteiger partial charge in [0, 0.05) is 11.5 Å². The van der Waals surface area contributed by atoms with Gasteiger partial charge in [-0.15, -0.1) is 0 Å². The van der Waals surface area contributed by atoms with Gasteiger partial charge in [0.05, 0.1) is 6.61 Å². The van der Waals surface area contributed by atoms with Gasteiger partial charge in [0.15, 0.2) is 0 Å². The first-order valence-corrected chi connectivity index (χ1v) is 7.08.